The van der Waals surface area contributed by atoms with Crippen molar-refractivity contribution in [2.75, 3.05) is 45.9 Å². The van der Waals surface area contributed by atoms with Crippen LogP contribution in [0, 0.1) is 11.8 Å². The van der Waals surface area contributed by atoms with Gasteiger partial charge in [-0.05, 0) is 37.2 Å². The summed E-state index contributed by atoms with van der Waals surface area (Å²) >= 11 is 0. The smallest absolute Gasteiger partial charge is 0.0507 e. The van der Waals surface area contributed by atoms with E-state index in [-0.39, 0.29) is 5.54 Å². The predicted octanol–water partition coefficient (Wildman–Crippen LogP) is 6.13. The van der Waals surface area contributed by atoms with Gasteiger partial charge in [0.25, 0.3) is 0 Å². The lowest BCUT2D eigenvalue weighted by molar-refractivity contribution is 0.00519. The van der Waals surface area contributed by atoms with E-state index in [2.05, 4.69) is 85.4 Å². The molecular formula is C30H56N4. The van der Waals surface area contributed by atoms with Crippen molar-refractivity contribution in [1.82, 2.24) is 20.4 Å². The van der Waals surface area contributed by atoms with Crippen molar-refractivity contribution < 1.29 is 0 Å². The number of nitrogens with zero attached hydrogens (tertiary/aromatic N) is 2. The Bertz CT molecular complexity index is 593. The first-order valence-electron chi connectivity index (χ1n) is 14.5. The molecule has 1 saturated heterocycles. The highest BCUT2D eigenvalue weighted by molar-refractivity contribution is 5.14. The van der Waals surface area contributed by atoms with Crippen molar-refractivity contribution in [3.05, 3.63) is 35.9 Å². The van der Waals surface area contributed by atoms with Crippen LogP contribution in [0.5, 0.6) is 0 Å². The fourth-order valence-corrected chi connectivity index (χ4v) is 5.62. The van der Waals surface area contributed by atoms with E-state index in [0.29, 0.717) is 0 Å². The number of benzene rings is 1. The molecule has 0 saturated carbocycles. The molecule has 2 unspecified atom stereocenters. The molecule has 0 bridgehead atoms. The van der Waals surface area contributed by atoms with Gasteiger partial charge in [-0.1, -0.05) is 96.6 Å². The van der Waals surface area contributed by atoms with Crippen molar-refractivity contribution in [3.63, 3.8) is 0 Å². The lowest BCUT2D eigenvalue weighted by Crippen LogP contribution is -2.65. The summed E-state index contributed by atoms with van der Waals surface area (Å²) < 4.78 is 0. The van der Waals surface area contributed by atoms with Crippen LogP contribution in [0.3, 0.4) is 0 Å². The molecule has 4 nitrogen and oxygen atoms in total. The highest BCUT2D eigenvalue weighted by atomic mass is 15.4. The third kappa shape index (κ3) is 11.2. The zero-order valence-corrected chi connectivity index (χ0v) is 23.2. The third-order valence-corrected chi connectivity index (χ3v) is 7.69. The standard InChI is InChI=1S/C30H56N4/c1-6-10-15-27(8-3)22-33-24-30(5,25-34(26-33)23-28(9-4)16-11-7-2)32-20-19-31-21-29-17-13-12-14-18-29/h12-14,17-18,27-28,31-32H,6-11,15-16,19-26H2,1-5H3. The van der Waals surface area contributed by atoms with Gasteiger partial charge in [0.15, 0.2) is 0 Å². The summed E-state index contributed by atoms with van der Waals surface area (Å²) in [5, 5.41) is 7.59. The van der Waals surface area contributed by atoms with Crippen molar-refractivity contribution in [2.24, 2.45) is 11.8 Å². The molecule has 196 valence electrons. The van der Waals surface area contributed by atoms with Crippen molar-refractivity contribution in [3.8, 4) is 0 Å². The summed E-state index contributed by atoms with van der Waals surface area (Å²) in [6.07, 6.45) is 10.7. The van der Waals surface area contributed by atoms with E-state index in [0.717, 1.165) is 51.2 Å². The van der Waals surface area contributed by atoms with Crippen molar-refractivity contribution in [2.45, 2.75) is 98.1 Å². The summed E-state index contributed by atoms with van der Waals surface area (Å²) in [7, 11) is 0. The maximum Gasteiger partial charge on any atom is 0.0507 e. The second-order valence-corrected chi connectivity index (χ2v) is 11.1. The minimum atomic E-state index is 0.152. The molecule has 34 heavy (non-hydrogen) atoms. The first-order chi connectivity index (χ1) is 16.5. The molecule has 2 atom stereocenters. The molecule has 1 aliphatic rings. The Morgan fingerprint density at radius 2 is 1.38 bits per heavy atom. The molecule has 1 aliphatic heterocycles. The van der Waals surface area contributed by atoms with Crippen LogP contribution in [0.15, 0.2) is 30.3 Å². The minimum Gasteiger partial charge on any atom is -0.311 e. The van der Waals surface area contributed by atoms with Crippen LogP contribution in [0.2, 0.25) is 0 Å². The molecule has 2 N–H and O–H groups in total. The fraction of sp³-hybridized carbons (Fsp3) is 0.800. The molecule has 0 aromatic heterocycles. The average Bonchev–Trinajstić information content (AvgIpc) is 2.84. The van der Waals surface area contributed by atoms with Gasteiger partial charge >= 0.3 is 0 Å². The molecule has 0 amide bonds. The summed E-state index contributed by atoms with van der Waals surface area (Å²) in [5.74, 6) is 1.66. The Hall–Kier alpha value is -0.940. The largest absolute Gasteiger partial charge is 0.311 e. The summed E-state index contributed by atoms with van der Waals surface area (Å²) in [6, 6.07) is 10.7. The number of hydrogen-bond acceptors (Lipinski definition) is 4. The Morgan fingerprint density at radius 1 is 0.824 bits per heavy atom. The zero-order chi connectivity index (χ0) is 24.7. The first kappa shape index (κ1) is 29.3. The number of rotatable bonds is 18. The molecule has 0 spiro atoms. The zero-order valence-electron chi connectivity index (χ0n) is 23.2. The number of unbranched alkanes of at least 4 members (excludes halogenated alkanes) is 2. The summed E-state index contributed by atoms with van der Waals surface area (Å²) in [4.78, 5) is 5.54. The highest BCUT2D eigenvalue weighted by Gasteiger charge is 2.35. The van der Waals surface area contributed by atoms with E-state index in [1.807, 2.05) is 0 Å². The van der Waals surface area contributed by atoms with Gasteiger partial charge < -0.3 is 10.6 Å². The van der Waals surface area contributed by atoms with E-state index in [9.17, 15) is 0 Å². The van der Waals surface area contributed by atoms with Gasteiger partial charge in [-0.15, -0.1) is 0 Å². The average molecular weight is 473 g/mol. The maximum absolute atomic E-state index is 3.97. The molecule has 0 radical (unpaired) electrons. The van der Waals surface area contributed by atoms with Crippen molar-refractivity contribution >= 4 is 0 Å². The Balaban J connectivity index is 1.93. The van der Waals surface area contributed by atoms with Crippen LogP contribution in [-0.4, -0.2) is 61.3 Å². The van der Waals surface area contributed by atoms with Crippen molar-refractivity contribution in [1.29, 1.82) is 0 Å². The topological polar surface area (TPSA) is 30.5 Å². The van der Waals surface area contributed by atoms with Crippen LogP contribution >= 0.6 is 0 Å². The Labute approximate surface area is 212 Å². The lowest BCUT2D eigenvalue weighted by Gasteiger charge is -2.48. The van der Waals surface area contributed by atoms with E-state index in [1.54, 1.807) is 0 Å². The molecule has 4 heteroatoms. The number of nitrogens with one attached hydrogen (secondary N) is 2. The van der Waals surface area contributed by atoms with Crippen LogP contribution in [0.4, 0.5) is 0 Å². The Kier molecular flexibility index (Phi) is 14.4. The van der Waals surface area contributed by atoms with Gasteiger partial charge in [0.1, 0.15) is 0 Å². The summed E-state index contributed by atoms with van der Waals surface area (Å²) in [6.45, 7) is 20.8. The van der Waals surface area contributed by atoms with Crippen LogP contribution in [-0.2, 0) is 6.54 Å². The molecule has 1 aromatic carbocycles. The molecule has 0 aliphatic carbocycles. The Morgan fingerprint density at radius 3 is 1.88 bits per heavy atom. The third-order valence-electron chi connectivity index (χ3n) is 7.69. The molecule has 1 aromatic rings. The second kappa shape index (κ2) is 16.7. The normalized spacial score (nSPS) is 21.6. The second-order valence-electron chi connectivity index (χ2n) is 11.1. The van der Waals surface area contributed by atoms with Gasteiger partial charge in [0.05, 0.1) is 6.67 Å². The van der Waals surface area contributed by atoms with E-state index in [1.165, 1.54) is 70.0 Å². The molecular weight excluding hydrogens is 416 g/mol. The fourth-order valence-electron chi connectivity index (χ4n) is 5.62. The van der Waals surface area contributed by atoms with Crippen LogP contribution in [0.1, 0.15) is 91.5 Å². The van der Waals surface area contributed by atoms with Crippen LogP contribution in [0.25, 0.3) is 0 Å². The SMILES string of the molecule is CCCCC(CC)CN1CN(CC(CC)CCCC)CC(C)(NCCNCc2ccccc2)C1. The molecule has 1 fully saturated rings. The minimum absolute atomic E-state index is 0.152. The van der Waals surface area contributed by atoms with Gasteiger partial charge in [-0.3, -0.25) is 9.80 Å². The molecule has 1 heterocycles. The quantitative estimate of drug-likeness (QED) is 0.252. The first-order valence-corrected chi connectivity index (χ1v) is 14.5. The number of hydrogen-bond donors (Lipinski definition) is 2. The maximum atomic E-state index is 3.97. The van der Waals surface area contributed by atoms with Gasteiger partial charge in [-0.25, -0.2) is 0 Å². The highest BCUT2D eigenvalue weighted by Crippen LogP contribution is 2.23. The van der Waals surface area contributed by atoms with Gasteiger partial charge in [-0.2, -0.15) is 0 Å². The van der Waals surface area contributed by atoms with Crippen LogP contribution < -0.4 is 10.6 Å². The van der Waals surface area contributed by atoms with E-state index in [4.69, 9.17) is 0 Å². The van der Waals surface area contributed by atoms with E-state index >= 15 is 0 Å². The lowest BCUT2D eigenvalue weighted by atomic mass is 9.93. The van der Waals surface area contributed by atoms with Gasteiger partial charge in [0, 0.05) is 51.4 Å². The predicted molar refractivity (Wildman–Crippen MR) is 149 cm³/mol. The monoisotopic (exact) mass is 472 g/mol. The van der Waals surface area contributed by atoms with E-state index < -0.39 is 0 Å². The van der Waals surface area contributed by atoms with Gasteiger partial charge in [0.2, 0.25) is 0 Å². The molecule has 2 rings (SSSR count). The summed E-state index contributed by atoms with van der Waals surface area (Å²) in [5.41, 5.74) is 1.51.